The van der Waals surface area contributed by atoms with Crippen molar-refractivity contribution in [3.8, 4) is 0 Å². The third-order valence-electron chi connectivity index (χ3n) is 4.24. The number of guanidine groups is 1. The van der Waals surface area contributed by atoms with Gasteiger partial charge in [-0.15, -0.1) is 0 Å². The lowest BCUT2D eigenvalue weighted by Crippen LogP contribution is -2.40. The molecular formula is C19H29BrN4O2. The Morgan fingerprint density at radius 2 is 2.19 bits per heavy atom. The zero-order valence-electron chi connectivity index (χ0n) is 15.6. The number of rotatable bonds is 8. The lowest BCUT2D eigenvalue weighted by Gasteiger charge is -2.19. The molecule has 6 nitrogen and oxygen atoms in total. The van der Waals surface area contributed by atoms with Gasteiger partial charge in [-0.2, -0.15) is 0 Å². The highest BCUT2D eigenvalue weighted by Gasteiger charge is 2.15. The summed E-state index contributed by atoms with van der Waals surface area (Å²) in [6, 6.07) is 7.96. The number of hydrogen-bond donors (Lipinski definition) is 2. The second-order valence-electron chi connectivity index (χ2n) is 6.37. The number of benzene rings is 1. The van der Waals surface area contributed by atoms with E-state index >= 15 is 0 Å². The predicted octanol–water partition coefficient (Wildman–Crippen LogP) is 2.53. The number of ether oxygens (including phenoxy) is 1. The van der Waals surface area contributed by atoms with Crippen LogP contribution in [0.1, 0.15) is 31.7 Å². The van der Waals surface area contributed by atoms with Crippen molar-refractivity contribution in [2.24, 2.45) is 4.99 Å². The van der Waals surface area contributed by atoms with E-state index in [0.717, 1.165) is 42.0 Å². The number of aliphatic imine (C=N–C) groups is 1. The van der Waals surface area contributed by atoms with Gasteiger partial charge >= 0.3 is 0 Å². The van der Waals surface area contributed by atoms with Gasteiger partial charge < -0.3 is 20.3 Å². The molecule has 2 rings (SSSR count). The third-order valence-corrected chi connectivity index (χ3v) is 5.02. The quantitative estimate of drug-likeness (QED) is 0.496. The zero-order valence-corrected chi connectivity index (χ0v) is 17.2. The van der Waals surface area contributed by atoms with Crippen LogP contribution in [0.15, 0.2) is 33.7 Å². The van der Waals surface area contributed by atoms with E-state index in [2.05, 4.69) is 31.6 Å². The fraction of sp³-hybridized carbons (Fsp3) is 0.579. The SMILES string of the molecule is CCNC(=NCC1CCCO1)NCCC(=O)N(C)Cc1ccccc1Br. The first-order chi connectivity index (χ1) is 12.6. The molecule has 0 spiro atoms. The van der Waals surface area contributed by atoms with Crippen LogP contribution in [0.4, 0.5) is 0 Å². The largest absolute Gasteiger partial charge is 0.376 e. The molecule has 1 aromatic rings. The Morgan fingerprint density at radius 1 is 1.38 bits per heavy atom. The molecule has 0 aromatic heterocycles. The predicted molar refractivity (Wildman–Crippen MR) is 108 cm³/mol. The van der Waals surface area contributed by atoms with Crippen LogP contribution in [-0.4, -0.2) is 56.2 Å². The molecule has 0 bridgehead atoms. The summed E-state index contributed by atoms with van der Waals surface area (Å²) in [7, 11) is 1.83. The fourth-order valence-electron chi connectivity index (χ4n) is 2.77. The van der Waals surface area contributed by atoms with Crippen LogP contribution in [-0.2, 0) is 16.1 Å². The molecule has 0 saturated carbocycles. The smallest absolute Gasteiger partial charge is 0.224 e. The van der Waals surface area contributed by atoms with Gasteiger partial charge in [0.2, 0.25) is 5.91 Å². The summed E-state index contributed by atoms with van der Waals surface area (Å²) in [6.07, 6.45) is 2.83. The lowest BCUT2D eigenvalue weighted by molar-refractivity contribution is -0.130. The van der Waals surface area contributed by atoms with Crippen molar-refractivity contribution in [3.05, 3.63) is 34.3 Å². The van der Waals surface area contributed by atoms with E-state index in [4.69, 9.17) is 4.74 Å². The fourth-order valence-corrected chi connectivity index (χ4v) is 3.18. The van der Waals surface area contributed by atoms with Crippen LogP contribution < -0.4 is 10.6 Å². The summed E-state index contributed by atoms with van der Waals surface area (Å²) in [5, 5.41) is 6.44. The molecule has 26 heavy (non-hydrogen) atoms. The Balaban J connectivity index is 1.75. The molecule has 1 aliphatic heterocycles. The molecule has 2 N–H and O–H groups in total. The van der Waals surface area contributed by atoms with Crippen molar-refractivity contribution in [2.45, 2.75) is 38.8 Å². The topological polar surface area (TPSA) is 66.0 Å². The maximum absolute atomic E-state index is 12.4. The van der Waals surface area contributed by atoms with E-state index in [9.17, 15) is 4.79 Å². The number of carbonyl (C=O) groups is 1. The highest BCUT2D eigenvalue weighted by Crippen LogP contribution is 2.17. The molecule has 7 heteroatoms. The highest BCUT2D eigenvalue weighted by molar-refractivity contribution is 9.10. The van der Waals surface area contributed by atoms with Gasteiger partial charge in [0.25, 0.3) is 0 Å². The summed E-state index contributed by atoms with van der Waals surface area (Å²) in [5.74, 6) is 0.840. The van der Waals surface area contributed by atoms with Gasteiger partial charge in [-0.1, -0.05) is 34.1 Å². The second-order valence-corrected chi connectivity index (χ2v) is 7.23. The van der Waals surface area contributed by atoms with Crippen LogP contribution in [0.5, 0.6) is 0 Å². The minimum Gasteiger partial charge on any atom is -0.376 e. The highest BCUT2D eigenvalue weighted by atomic mass is 79.9. The molecule has 1 atom stereocenters. The molecular weight excluding hydrogens is 396 g/mol. The number of nitrogens with zero attached hydrogens (tertiary/aromatic N) is 2. The molecule has 0 radical (unpaired) electrons. The van der Waals surface area contributed by atoms with Crippen molar-refractivity contribution in [1.82, 2.24) is 15.5 Å². The van der Waals surface area contributed by atoms with Crippen LogP contribution >= 0.6 is 15.9 Å². The molecule has 0 aliphatic carbocycles. The molecule has 1 aliphatic rings. The van der Waals surface area contributed by atoms with E-state index in [1.165, 1.54) is 0 Å². The van der Waals surface area contributed by atoms with Crippen molar-refractivity contribution in [1.29, 1.82) is 0 Å². The van der Waals surface area contributed by atoms with Gasteiger partial charge in [-0.25, -0.2) is 0 Å². The summed E-state index contributed by atoms with van der Waals surface area (Å²) >= 11 is 3.52. The van der Waals surface area contributed by atoms with Crippen molar-refractivity contribution < 1.29 is 9.53 Å². The van der Waals surface area contributed by atoms with Crippen LogP contribution in [0.3, 0.4) is 0 Å². The van der Waals surface area contributed by atoms with Crippen molar-refractivity contribution in [3.63, 3.8) is 0 Å². The Morgan fingerprint density at radius 3 is 2.88 bits per heavy atom. The molecule has 1 fully saturated rings. The van der Waals surface area contributed by atoms with E-state index in [1.54, 1.807) is 4.90 Å². The van der Waals surface area contributed by atoms with E-state index < -0.39 is 0 Å². The molecule has 1 amide bonds. The van der Waals surface area contributed by atoms with Crippen molar-refractivity contribution in [2.75, 3.05) is 33.3 Å². The average molecular weight is 425 g/mol. The van der Waals surface area contributed by atoms with Gasteiger partial charge in [0.15, 0.2) is 5.96 Å². The lowest BCUT2D eigenvalue weighted by atomic mass is 10.2. The Hall–Kier alpha value is -1.60. The first kappa shape index (κ1) is 20.7. The van der Waals surface area contributed by atoms with Gasteiger partial charge in [0.05, 0.1) is 12.6 Å². The summed E-state index contributed by atoms with van der Waals surface area (Å²) < 4.78 is 6.62. The number of halogens is 1. The van der Waals surface area contributed by atoms with Crippen LogP contribution in [0.2, 0.25) is 0 Å². The maximum Gasteiger partial charge on any atom is 0.224 e. The Bertz CT molecular complexity index is 603. The normalized spacial score (nSPS) is 17.2. The maximum atomic E-state index is 12.4. The number of hydrogen-bond acceptors (Lipinski definition) is 3. The van der Waals surface area contributed by atoms with E-state index in [-0.39, 0.29) is 12.0 Å². The Kier molecular flexibility index (Phi) is 8.91. The monoisotopic (exact) mass is 424 g/mol. The number of amides is 1. The minimum absolute atomic E-state index is 0.100. The Labute approximate surface area is 164 Å². The molecule has 1 heterocycles. The first-order valence-electron chi connectivity index (χ1n) is 9.21. The molecule has 1 unspecified atom stereocenters. The van der Waals surface area contributed by atoms with E-state index in [1.807, 2.05) is 38.2 Å². The zero-order chi connectivity index (χ0) is 18.8. The average Bonchev–Trinajstić information content (AvgIpc) is 3.15. The third kappa shape index (κ3) is 6.96. The molecule has 144 valence electrons. The van der Waals surface area contributed by atoms with Crippen LogP contribution in [0, 0.1) is 0 Å². The summed E-state index contributed by atoms with van der Waals surface area (Å²) in [4.78, 5) is 18.7. The second kappa shape index (κ2) is 11.2. The molecule has 1 saturated heterocycles. The first-order valence-corrected chi connectivity index (χ1v) is 10.0. The molecule has 1 aromatic carbocycles. The van der Waals surface area contributed by atoms with Crippen LogP contribution in [0.25, 0.3) is 0 Å². The van der Waals surface area contributed by atoms with E-state index in [0.29, 0.717) is 26.1 Å². The number of carbonyl (C=O) groups excluding carboxylic acids is 1. The summed E-state index contributed by atoms with van der Waals surface area (Å²) in [5.41, 5.74) is 1.10. The van der Waals surface area contributed by atoms with Crippen molar-refractivity contribution >= 4 is 27.8 Å². The minimum atomic E-state index is 0.100. The summed E-state index contributed by atoms with van der Waals surface area (Å²) in [6.45, 7) is 5.45. The van der Waals surface area contributed by atoms with Gasteiger partial charge in [-0.3, -0.25) is 9.79 Å². The van der Waals surface area contributed by atoms with Gasteiger partial charge in [0, 0.05) is 44.2 Å². The standard InChI is InChI=1S/C19H29BrN4O2/c1-3-21-19(23-13-16-8-6-12-26-16)22-11-10-18(25)24(2)14-15-7-4-5-9-17(15)20/h4-5,7,9,16H,3,6,8,10-14H2,1-2H3,(H2,21,22,23). The van der Waals surface area contributed by atoms with Gasteiger partial charge in [-0.05, 0) is 31.4 Å². The van der Waals surface area contributed by atoms with Gasteiger partial charge in [0.1, 0.15) is 0 Å². The number of nitrogens with one attached hydrogen (secondary N) is 2.